The molecule has 2 amide bonds. The first-order valence-electron chi connectivity index (χ1n) is 9.34. The Balaban J connectivity index is 1.78. The molecule has 1 heterocycles. The van der Waals surface area contributed by atoms with E-state index in [4.69, 9.17) is 17.4 Å². The van der Waals surface area contributed by atoms with E-state index < -0.39 is 33.7 Å². The van der Waals surface area contributed by atoms with Gasteiger partial charge in [0.1, 0.15) is 11.9 Å². The molecule has 2 aromatic rings. The summed E-state index contributed by atoms with van der Waals surface area (Å²) >= 11 is 5.35. The van der Waals surface area contributed by atoms with Crippen LogP contribution in [-0.4, -0.2) is 49.9 Å². The number of nitrogens with one attached hydrogen (secondary N) is 1. The number of carbonyl (C=O) groups excluding carboxylic acids is 2. The predicted molar refractivity (Wildman–Crippen MR) is 117 cm³/mol. The second kappa shape index (κ2) is 9.08. The first kappa shape index (κ1) is 22.8. The summed E-state index contributed by atoms with van der Waals surface area (Å²) in [6.07, 6.45) is 0.379. The molecule has 0 aliphatic carbocycles. The van der Waals surface area contributed by atoms with Crippen LogP contribution in [0.4, 0.5) is 10.1 Å². The van der Waals surface area contributed by atoms with Crippen LogP contribution in [0.5, 0.6) is 0 Å². The smallest absolute Gasteiger partial charge is 0.257 e. The maximum absolute atomic E-state index is 13.2. The zero-order chi connectivity index (χ0) is 22.8. The molecule has 1 atom stereocenters. The van der Waals surface area contributed by atoms with E-state index in [0.29, 0.717) is 23.8 Å². The molecule has 0 spiro atoms. The minimum Gasteiger partial charge on any atom is -0.366 e. The lowest BCUT2D eigenvalue weighted by Gasteiger charge is -2.29. The molecule has 1 aliphatic heterocycles. The van der Waals surface area contributed by atoms with Gasteiger partial charge in [-0.3, -0.25) is 9.59 Å². The number of rotatable bonds is 6. The quantitative estimate of drug-likeness (QED) is 0.487. The average molecular weight is 465 g/mol. The Morgan fingerprint density at radius 3 is 2.35 bits per heavy atom. The van der Waals surface area contributed by atoms with E-state index in [9.17, 15) is 22.4 Å². The van der Waals surface area contributed by atoms with E-state index in [0.717, 1.165) is 10.5 Å². The van der Waals surface area contributed by atoms with Crippen LogP contribution in [0.25, 0.3) is 0 Å². The highest BCUT2D eigenvalue weighted by Crippen LogP contribution is 2.26. The van der Waals surface area contributed by atoms with Gasteiger partial charge < -0.3 is 10.2 Å². The Bertz CT molecular complexity index is 1110. The van der Waals surface area contributed by atoms with Crippen LogP contribution in [0.1, 0.15) is 12.0 Å². The lowest BCUT2D eigenvalue weighted by molar-refractivity contribution is -0.122. The highest BCUT2D eigenvalue weighted by atomic mass is 32.2. The summed E-state index contributed by atoms with van der Waals surface area (Å²) in [4.78, 5) is 28.3. The first-order chi connectivity index (χ1) is 14.6. The molecule has 0 unspecified atom stereocenters. The largest absolute Gasteiger partial charge is 0.366 e. The Hall–Kier alpha value is -2.89. The number of primary sulfonamides is 1. The van der Waals surface area contributed by atoms with Gasteiger partial charge >= 0.3 is 0 Å². The molecule has 1 fully saturated rings. The fraction of sp³-hybridized carbons (Fsp3) is 0.250. The number of sulfonamides is 1. The topological polar surface area (TPSA) is 113 Å². The molecule has 31 heavy (non-hydrogen) atoms. The number of imide groups is 1. The van der Waals surface area contributed by atoms with Crippen LogP contribution < -0.4 is 15.4 Å². The van der Waals surface area contributed by atoms with E-state index >= 15 is 0 Å². The molecule has 8 nitrogen and oxygen atoms in total. The Morgan fingerprint density at radius 2 is 1.81 bits per heavy atom. The van der Waals surface area contributed by atoms with Crippen LogP contribution in [0.3, 0.4) is 0 Å². The second-order valence-electron chi connectivity index (χ2n) is 6.95. The Morgan fingerprint density at radius 1 is 1.19 bits per heavy atom. The molecular weight excluding hydrogens is 443 g/mol. The van der Waals surface area contributed by atoms with Gasteiger partial charge in [-0.05, 0) is 60.6 Å². The minimum atomic E-state index is -3.78. The highest BCUT2D eigenvalue weighted by molar-refractivity contribution is 7.89. The molecule has 0 radical (unpaired) electrons. The van der Waals surface area contributed by atoms with E-state index in [1.165, 1.54) is 36.4 Å². The van der Waals surface area contributed by atoms with Crippen molar-refractivity contribution in [2.45, 2.75) is 23.8 Å². The zero-order valence-corrected chi connectivity index (χ0v) is 18.2. The van der Waals surface area contributed by atoms with Crippen molar-refractivity contribution in [3.63, 3.8) is 0 Å². The van der Waals surface area contributed by atoms with Crippen molar-refractivity contribution in [2.75, 3.05) is 18.5 Å². The lowest BCUT2D eigenvalue weighted by atomic mass is 10.1. The fourth-order valence-corrected chi connectivity index (χ4v) is 4.09. The number of hydrogen-bond donors (Lipinski definition) is 2. The third-order valence-electron chi connectivity index (χ3n) is 4.95. The van der Waals surface area contributed by atoms with Crippen molar-refractivity contribution in [1.82, 2.24) is 10.2 Å². The number of amides is 2. The fourth-order valence-electron chi connectivity index (χ4n) is 3.36. The summed E-state index contributed by atoms with van der Waals surface area (Å²) in [6.45, 7) is 0.315. The van der Waals surface area contributed by atoms with Crippen LogP contribution in [0, 0.1) is 5.82 Å². The predicted octanol–water partition coefficient (Wildman–Crippen LogP) is 1.15. The normalized spacial score (nSPS) is 16.5. The van der Waals surface area contributed by atoms with E-state index in [1.54, 1.807) is 24.1 Å². The summed E-state index contributed by atoms with van der Waals surface area (Å²) in [5.74, 6) is -1.31. The average Bonchev–Trinajstić information content (AvgIpc) is 3.02. The van der Waals surface area contributed by atoms with Gasteiger partial charge in [0, 0.05) is 13.6 Å². The van der Waals surface area contributed by atoms with Gasteiger partial charge in [0.2, 0.25) is 15.9 Å². The van der Waals surface area contributed by atoms with Crippen molar-refractivity contribution < 1.29 is 22.4 Å². The Kier molecular flexibility index (Phi) is 6.68. The zero-order valence-electron chi connectivity index (χ0n) is 16.6. The molecular formula is C20H21FN4O4S2. The number of halogens is 1. The summed E-state index contributed by atoms with van der Waals surface area (Å²) < 4.78 is 36.0. The van der Waals surface area contributed by atoms with Crippen LogP contribution >= 0.6 is 12.2 Å². The number of carbonyl (C=O) groups is 2. The van der Waals surface area contributed by atoms with E-state index in [1.807, 2.05) is 0 Å². The maximum Gasteiger partial charge on any atom is 0.257 e. The number of benzene rings is 2. The molecule has 0 saturated carbocycles. The van der Waals surface area contributed by atoms with Gasteiger partial charge in [0.05, 0.1) is 17.0 Å². The standard InChI is InChI=1S/C20H21FN4O4S2/c1-23-20(30)24(11-10-13-2-8-16(9-3-13)31(22,28)29)17-12-18(26)25(19(17)27)15-6-4-14(21)5-7-15/h2-9,17H,10-12H2,1H3,(H,23,30)(H2,22,28,29)/t17-/m0/s1. The molecule has 3 N–H and O–H groups in total. The second-order valence-corrected chi connectivity index (χ2v) is 8.90. The molecule has 1 aliphatic rings. The number of thiocarbonyl (C=S) groups is 1. The van der Waals surface area contributed by atoms with Gasteiger partial charge in [0.25, 0.3) is 5.91 Å². The number of anilines is 1. The third kappa shape index (κ3) is 5.06. The van der Waals surface area contributed by atoms with E-state index in [-0.39, 0.29) is 11.3 Å². The van der Waals surface area contributed by atoms with Crippen LogP contribution in [0.2, 0.25) is 0 Å². The molecule has 1 saturated heterocycles. The number of hydrogen-bond acceptors (Lipinski definition) is 5. The van der Waals surface area contributed by atoms with Crippen molar-refractivity contribution in [2.24, 2.45) is 5.14 Å². The van der Waals surface area contributed by atoms with Crippen molar-refractivity contribution >= 4 is 44.9 Å². The van der Waals surface area contributed by atoms with Crippen molar-refractivity contribution in [3.05, 3.63) is 59.9 Å². The molecule has 0 aromatic heterocycles. The monoisotopic (exact) mass is 464 g/mol. The highest BCUT2D eigenvalue weighted by Gasteiger charge is 2.43. The molecule has 0 bridgehead atoms. The number of nitrogens with zero attached hydrogens (tertiary/aromatic N) is 2. The van der Waals surface area contributed by atoms with Gasteiger partial charge in [-0.25, -0.2) is 22.8 Å². The summed E-state index contributed by atoms with van der Waals surface area (Å²) in [5, 5.41) is 8.24. The van der Waals surface area contributed by atoms with Gasteiger partial charge in [0.15, 0.2) is 5.11 Å². The minimum absolute atomic E-state index is 0.00496. The summed E-state index contributed by atoms with van der Waals surface area (Å²) in [6, 6.07) is 10.4. The molecule has 3 rings (SSSR count). The van der Waals surface area contributed by atoms with Gasteiger partial charge in [-0.2, -0.15) is 0 Å². The molecule has 2 aromatic carbocycles. The van der Waals surface area contributed by atoms with Crippen LogP contribution in [0.15, 0.2) is 53.4 Å². The van der Waals surface area contributed by atoms with Crippen LogP contribution in [-0.2, 0) is 26.0 Å². The maximum atomic E-state index is 13.2. The van der Waals surface area contributed by atoms with Gasteiger partial charge in [-0.1, -0.05) is 12.1 Å². The van der Waals surface area contributed by atoms with Crippen molar-refractivity contribution in [1.29, 1.82) is 0 Å². The summed E-state index contributed by atoms with van der Waals surface area (Å²) in [7, 11) is -2.16. The SMILES string of the molecule is CNC(=S)N(CCc1ccc(S(N)(=O)=O)cc1)[C@H]1CC(=O)N(c2ccc(F)cc2)C1=O. The number of nitrogens with two attached hydrogens (primary N) is 1. The molecule has 164 valence electrons. The van der Waals surface area contributed by atoms with E-state index in [2.05, 4.69) is 5.32 Å². The lowest BCUT2D eigenvalue weighted by Crippen LogP contribution is -2.49. The Labute approximate surface area is 184 Å². The first-order valence-corrected chi connectivity index (χ1v) is 11.3. The van der Waals surface area contributed by atoms with Crippen molar-refractivity contribution in [3.8, 4) is 0 Å². The van der Waals surface area contributed by atoms with Gasteiger partial charge in [-0.15, -0.1) is 0 Å². The summed E-state index contributed by atoms with van der Waals surface area (Å²) in [5.41, 5.74) is 1.11. The third-order valence-corrected chi connectivity index (χ3v) is 6.32. The molecule has 11 heteroatoms.